The molecule has 0 fully saturated rings. The minimum absolute atomic E-state index is 0.0866. The predicted molar refractivity (Wildman–Crippen MR) is 51.0 cm³/mol. The Morgan fingerprint density at radius 1 is 1.38 bits per heavy atom. The highest BCUT2D eigenvalue weighted by Gasteiger charge is 2.21. The maximum absolute atomic E-state index is 13.2. The molecule has 0 aliphatic heterocycles. The van der Waals surface area contributed by atoms with Gasteiger partial charge in [-0.25, -0.2) is 4.39 Å². The third-order valence-corrected chi connectivity index (χ3v) is 2.56. The molecular formula is C7H6BCl2FO2. The second kappa shape index (κ2) is 3.84. The first-order valence-electron chi connectivity index (χ1n) is 3.45. The van der Waals surface area contributed by atoms with E-state index in [1.165, 1.54) is 6.92 Å². The average Bonchev–Trinajstić information content (AvgIpc) is 2.07. The van der Waals surface area contributed by atoms with Crippen LogP contribution in [0.3, 0.4) is 0 Å². The topological polar surface area (TPSA) is 40.5 Å². The van der Waals surface area contributed by atoms with Crippen LogP contribution in [-0.4, -0.2) is 17.2 Å². The smallest absolute Gasteiger partial charge is 0.423 e. The highest BCUT2D eigenvalue weighted by atomic mass is 35.5. The number of rotatable bonds is 1. The zero-order valence-electron chi connectivity index (χ0n) is 6.68. The molecule has 0 spiro atoms. The summed E-state index contributed by atoms with van der Waals surface area (Å²) < 4.78 is 13.2. The predicted octanol–water partition coefficient (Wildman–Crippen LogP) is 1.12. The minimum atomic E-state index is -1.88. The molecule has 0 atom stereocenters. The molecule has 0 saturated heterocycles. The molecular weight excluding hydrogens is 217 g/mol. The first-order valence-corrected chi connectivity index (χ1v) is 4.21. The Kier molecular flexibility index (Phi) is 3.19. The normalized spacial score (nSPS) is 10.3. The van der Waals surface area contributed by atoms with Crippen LogP contribution < -0.4 is 5.46 Å². The molecule has 1 rings (SSSR count). The van der Waals surface area contributed by atoms with Gasteiger partial charge in [0.05, 0.1) is 10.0 Å². The van der Waals surface area contributed by atoms with Gasteiger partial charge in [-0.05, 0) is 13.0 Å². The molecule has 13 heavy (non-hydrogen) atoms. The van der Waals surface area contributed by atoms with Crippen LogP contribution in [0.2, 0.25) is 10.0 Å². The fraction of sp³-hybridized carbons (Fsp3) is 0.143. The van der Waals surface area contributed by atoms with Crippen molar-refractivity contribution in [2.45, 2.75) is 6.92 Å². The van der Waals surface area contributed by atoms with Gasteiger partial charge in [0.1, 0.15) is 5.82 Å². The third kappa shape index (κ3) is 1.97. The van der Waals surface area contributed by atoms with E-state index in [1.54, 1.807) is 0 Å². The van der Waals surface area contributed by atoms with E-state index in [9.17, 15) is 4.39 Å². The van der Waals surface area contributed by atoms with E-state index in [1.807, 2.05) is 0 Å². The van der Waals surface area contributed by atoms with Crippen molar-refractivity contribution in [1.29, 1.82) is 0 Å². The van der Waals surface area contributed by atoms with Crippen molar-refractivity contribution < 1.29 is 14.4 Å². The molecule has 70 valence electrons. The summed E-state index contributed by atoms with van der Waals surface area (Å²) in [4.78, 5) is 0. The van der Waals surface area contributed by atoms with Crippen molar-refractivity contribution in [2.24, 2.45) is 0 Å². The van der Waals surface area contributed by atoms with Crippen molar-refractivity contribution in [3.63, 3.8) is 0 Å². The third-order valence-electron chi connectivity index (χ3n) is 1.68. The van der Waals surface area contributed by atoms with E-state index in [0.717, 1.165) is 6.07 Å². The molecule has 0 aliphatic rings. The van der Waals surface area contributed by atoms with Gasteiger partial charge in [0.25, 0.3) is 0 Å². The number of benzene rings is 1. The maximum Gasteiger partial charge on any atom is 0.491 e. The zero-order chi connectivity index (χ0) is 10.2. The highest BCUT2D eigenvalue weighted by molar-refractivity contribution is 6.59. The summed E-state index contributed by atoms with van der Waals surface area (Å²) in [5.74, 6) is -0.746. The van der Waals surface area contributed by atoms with Crippen LogP contribution in [-0.2, 0) is 0 Å². The number of hydrogen-bond donors (Lipinski definition) is 2. The van der Waals surface area contributed by atoms with E-state index in [-0.39, 0.29) is 21.1 Å². The standard InChI is InChI=1S/C7H6BCl2FO2/c1-3-6(10)5(9)2-4(7(3)11)8(12)13/h2,12-13H,1H3. The first kappa shape index (κ1) is 10.8. The second-order valence-corrected chi connectivity index (χ2v) is 3.36. The Bertz CT molecular complexity index is 344. The zero-order valence-corrected chi connectivity index (χ0v) is 8.19. The lowest BCUT2D eigenvalue weighted by Crippen LogP contribution is -2.33. The lowest BCUT2D eigenvalue weighted by molar-refractivity contribution is 0.423. The van der Waals surface area contributed by atoms with Crippen molar-refractivity contribution in [3.8, 4) is 0 Å². The second-order valence-electron chi connectivity index (χ2n) is 2.57. The Labute approximate surface area is 85.0 Å². The minimum Gasteiger partial charge on any atom is -0.423 e. The van der Waals surface area contributed by atoms with Crippen LogP contribution in [0.5, 0.6) is 0 Å². The summed E-state index contributed by atoms with van der Waals surface area (Å²) in [7, 11) is -1.88. The molecule has 2 N–H and O–H groups in total. The van der Waals surface area contributed by atoms with Crippen LogP contribution in [0.4, 0.5) is 4.39 Å². The van der Waals surface area contributed by atoms with Gasteiger partial charge in [-0.3, -0.25) is 0 Å². The fourth-order valence-corrected chi connectivity index (χ4v) is 1.34. The van der Waals surface area contributed by atoms with E-state index >= 15 is 0 Å². The molecule has 0 amide bonds. The molecule has 6 heteroatoms. The van der Waals surface area contributed by atoms with Crippen LogP contribution in [0.25, 0.3) is 0 Å². The quantitative estimate of drug-likeness (QED) is 0.553. The van der Waals surface area contributed by atoms with Gasteiger partial charge >= 0.3 is 7.12 Å². The van der Waals surface area contributed by atoms with E-state index < -0.39 is 12.9 Å². The summed E-state index contributed by atoms with van der Waals surface area (Å²) in [6.07, 6.45) is 0. The Balaban J connectivity index is 3.41. The largest absolute Gasteiger partial charge is 0.491 e. The molecule has 0 radical (unpaired) electrons. The summed E-state index contributed by atoms with van der Waals surface area (Å²) >= 11 is 11.2. The summed E-state index contributed by atoms with van der Waals surface area (Å²) in [5.41, 5.74) is -0.163. The monoisotopic (exact) mass is 222 g/mol. The van der Waals surface area contributed by atoms with Gasteiger partial charge in [0, 0.05) is 11.0 Å². The Morgan fingerprint density at radius 2 is 1.92 bits per heavy atom. The van der Waals surface area contributed by atoms with E-state index in [4.69, 9.17) is 33.2 Å². The van der Waals surface area contributed by atoms with Crippen LogP contribution >= 0.6 is 23.2 Å². The molecule has 1 aromatic carbocycles. The van der Waals surface area contributed by atoms with E-state index in [0.29, 0.717) is 0 Å². The SMILES string of the molecule is Cc1c(F)c(B(O)O)cc(Cl)c1Cl. The van der Waals surface area contributed by atoms with Crippen molar-refractivity contribution in [1.82, 2.24) is 0 Å². The lowest BCUT2D eigenvalue weighted by Gasteiger charge is -2.07. The molecule has 0 aliphatic carbocycles. The average molecular weight is 223 g/mol. The summed E-state index contributed by atoms with van der Waals surface area (Å²) in [5, 5.41) is 17.7. The Morgan fingerprint density at radius 3 is 2.38 bits per heavy atom. The molecule has 1 aromatic rings. The molecule has 0 unspecified atom stereocenters. The molecule has 0 bridgehead atoms. The lowest BCUT2D eigenvalue weighted by atomic mass is 9.79. The van der Waals surface area contributed by atoms with Gasteiger partial charge in [-0.1, -0.05) is 23.2 Å². The van der Waals surface area contributed by atoms with Gasteiger partial charge < -0.3 is 10.0 Å². The van der Waals surface area contributed by atoms with Gasteiger partial charge in [-0.15, -0.1) is 0 Å². The van der Waals surface area contributed by atoms with Crippen LogP contribution in [0.15, 0.2) is 6.07 Å². The fourth-order valence-electron chi connectivity index (χ4n) is 0.943. The van der Waals surface area contributed by atoms with Crippen molar-refractivity contribution in [3.05, 3.63) is 27.5 Å². The first-order chi connectivity index (χ1) is 5.95. The van der Waals surface area contributed by atoms with Gasteiger partial charge in [-0.2, -0.15) is 0 Å². The van der Waals surface area contributed by atoms with Crippen molar-refractivity contribution in [2.75, 3.05) is 0 Å². The summed E-state index contributed by atoms with van der Waals surface area (Å²) in [6.45, 7) is 1.41. The van der Waals surface area contributed by atoms with Gasteiger partial charge in [0.15, 0.2) is 0 Å². The molecule has 2 nitrogen and oxygen atoms in total. The maximum atomic E-state index is 13.2. The van der Waals surface area contributed by atoms with Crippen LogP contribution in [0, 0.1) is 12.7 Å². The van der Waals surface area contributed by atoms with Gasteiger partial charge in [0.2, 0.25) is 0 Å². The Hall–Kier alpha value is -0.285. The molecule has 0 heterocycles. The van der Waals surface area contributed by atoms with E-state index in [2.05, 4.69) is 0 Å². The number of halogens is 3. The summed E-state index contributed by atoms with van der Waals surface area (Å²) in [6, 6.07) is 1.09. The highest BCUT2D eigenvalue weighted by Crippen LogP contribution is 2.25. The molecule has 0 aromatic heterocycles. The number of hydrogen-bond acceptors (Lipinski definition) is 2. The van der Waals surface area contributed by atoms with Crippen LogP contribution in [0.1, 0.15) is 5.56 Å². The molecule has 0 saturated carbocycles. The van der Waals surface area contributed by atoms with Crippen molar-refractivity contribution >= 4 is 35.8 Å².